The van der Waals surface area contributed by atoms with E-state index in [0.29, 0.717) is 11.8 Å². The molecule has 5 fully saturated rings. The summed E-state index contributed by atoms with van der Waals surface area (Å²) in [7, 11) is 0. The number of aliphatic hydroxyl groups is 1. The normalized spacial score (nSPS) is 30.6. The van der Waals surface area contributed by atoms with Crippen LogP contribution in [-0.4, -0.2) is 68.5 Å². The quantitative estimate of drug-likeness (QED) is 0.269. The Morgan fingerprint density at radius 1 is 1.00 bits per heavy atom. The van der Waals surface area contributed by atoms with Gasteiger partial charge < -0.3 is 25.7 Å². The molecule has 48 heavy (non-hydrogen) atoms. The van der Waals surface area contributed by atoms with Gasteiger partial charge in [0.05, 0.1) is 34.6 Å². The Kier molecular flexibility index (Phi) is 9.26. The molecule has 260 valence electrons. The number of carboxylic acids is 1. The van der Waals surface area contributed by atoms with Gasteiger partial charge in [0.25, 0.3) is 0 Å². The lowest BCUT2D eigenvalue weighted by Gasteiger charge is -2.62. The van der Waals surface area contributed by atoms with Crippen molar-refractivity contribution in [1.29, 1.82) is 0 Å². The number of carbonyl (C=O) groups is 4. The highest BCUT2D eigenvalue weighted by Gasteiger charge is 2.58. The van der Waals surface area contributed by atoms with E-state index in [0.717, 1.165) is 60.2 Å². The largest absolute Gasteiger partial charge is 0.481 e. The molecule has 8 atom stereocenters. The molecule has 4 saturated carbocycles. The fourth-order valence-electron chi connectivity index (χ4n) is 9.95. The van der Waals surface area contributed by atoms with Gasteiger partial charge >= 0.3 is 5.97 Å². The fraction of sp³-hybridized carbons (Fsp3) is 0.649. The topological polar surface area (TPSA) is 149 Å². The number of rotatable bonds is 10. The van der Waals surface area contributed by atoms with Gasteiger partial charge in [0.2, 0.25) is 17.7 Å². The van der Waals surface area contributed by atoms with Gasteiger partial charge in [-0.2, -0.15) is 0 Å². The van der Waals surface area contributed by atoms with Crippen LogP contribution in [-0.2, 0) is 19.2 Å². The summed E-state index contributed by atoms with van der Waals surface area (Å²) in [5.41, 5.74) is 3.64. The average Bonchev–Trinajstić information content (AvgIpc) is 3.58. The fourth-order valence-corrected chi connectivity index (χ4v) is 10.8. The maximum atomic E-state index is 14.2. The number of β-amino-alcohol motifs (C(OH)–C–C–N with tert-alkyl or cyclic N) is 1. The van der Waals surface area contributed by atoms with Crippen LogP contribution in [0.5, 0.6) is 0 Å². The summed E-state index contributed by atoms with van der Waals surface area (Å²) in [5, 5.41) is 26.4. The summed E-state index contributed by atoms with van der Waals surface area (Å²) in [6.07, 6.45) is 5.28. The molecule has 1 aromatic carbocycles. The van der Waals surface area contributed by atoms with E-state index in [2.05, 4.69) is 15.6 Å². The zero-order chi connectivity index (χ0) is 34.6. The number of thiazole rings is 1. The molecule has 1 aliphatic heterocycles. The first kappa shape index (κ1) is 34.5. The van der Waals surface area contributed by atoms with Crippen LogP contribution in [0.1, 0.15) is 103 Å². The van der Waals surface area contributed by atoms with Gasteiger partial charge in [-0.3, -0.25) is 19.2 Å². The van der Waals surface area contributed by atoms with Crippen LogP contribution >= 0.6 is 11.3 Å². The van der Waals surface area contributed by atoms with E-state index in [1.807, 2.05) is 64.4 Å². The first-order chi connectivity index (χ1) is 22.6. The zero-order valence-corrected chi connectivity index (χ0v) is 29.6. The van der Waals surface area contributed by atoms with E-state index in [1.54, 1.807) is 11.3 Å². The number of aryl methyl sites for hydroxylation is 1. The second kappa shape index (κ2) is 12.9. The molecule has 0 spiro atoms. The van der Waals surface area contributed by atoms with Crippen LogP contribution in [0.3, 0.4) is 0 Å². The van der Waals surface area contributed by atoms with Gasteiger partial charge in [-0.15, -0.1) is 11.3 Å². The number of likely N-dealkylation sites (tertiary alicyclic amines) is 1. The summed E-state index contributed by atoms with van der Waals surface area (Å²) in [6, 6.07) is 5.89. The number of aliphatic carboxylic acids is 1. The van der Waals surface area contributed by atoms with Crippen molar-refractivity contribution in [2.24, 2.45) is 28.1 Å². The summed E-state index contributed by atoms with van der Waals surface area (Å²) in [6.45, 7) is 9.56. The Morgan fingerprint density at radius 2 is 1.62 bits per heavy atom. The lowest BCUT2D eigenvalue weighted by molar-refractivity contribution is -0.156. The molecule has 1 saturated heterocycles. The standard InChI is InChI=1S/C37H50N4O6S/c1-21(25-6-8-26(9-7-25)31-22(2)38-20-48-31)39-33(46)28-11-27(42)18-41(28)34(47)32(35(3,4)5)40-29(43)16-36-12-23-10-24(13-36)15-37(14-23,19-36)17-30(44)45/h6-9,20-21,23-24,27-28,32,42H,10-19H2,1-5H3,(H,39,46)(H,40,43)(H,44,45)/t21-,23-,24+,27+,28-,32+,36?,37?/m0/s1. The highest BCUT2D eigenvalue weighted by Crippen LogP contribution is 2.67. The summed E-state index contributed by atoms with van der Waals surface area (Å²) >= 11 is 1.58. The highest BCUT2D eigenvalue weighted by molar-refractivity contribution is 7.13. The molecule has 2 aromatic rings. The number of aliphatic hydroxyl groups excluding tert-OH is 1. The van der Waals surface area contributed by atoms with Crippen molar-refractivity contribution >= 4 is 35.0 Å². The lowest BCUT2D eigenvalue weighted by atomic mass is 9.43. The molecule has 2 unspecified atom stereocenters. The van der Waals surface area contributed by atoms with Crippen molar-refractivity contribution in [1.82, 2.24) is 20.5 Å². The predicted molar refractivity (Wildman–Crippen MR) is 183 cm³/mol. The lowest BCUT2D eigenvalue weighted by Crippen LogP contribution is -2.59. The third-order valence-corrected chi connectivity index (χ3v) is 12.4. The third-order valence-electron chi connectivity index (χ3n) is 11.4. The predicted octanol–water partition coefficient (Wildman–Crippen LogP) is 5.24. The minimum atomic E-state index is -0.896. The molecule has 4 bridgehead atoms. The maximum absolute atomic E-state index is 14.2. The molecule has 4 aliphatic carbocycles. The van der Waals surface area contributed by atoms with E-state index in [9.17, 15) is 29.4 Å². The minimum Gasteiger partial charge on any atom is -0.481 e. The number of nitrogens with one attached hydrogen (secondary N) is 2. The number of hydrogen-bond acceptors (Lipinski definition) is 7. The molecule has 7 rings (SSSR count). The molecule has 3 amide bonds. The van der Waals surface area contributed by atoms with Crippen LogP contribution in [0.4, 0.5) is 0 Å². The number of hydrogen-bond donors (Lipinski definition) is 4. The van der Waals surface area contributed by atoms with E-state index in [1.165, 1.54) is 4.90 Å². The van der Waals surface area contributed by atoms with E-state index in [4.69, 9.17) is 0 Å². The number of nitrogens with zero attached hydrogens (tertiary/aromatic N) is 2. The number of benzene rings is 1. The van der Waals surface area contributed by atoms with Crippen molar-refractivity contribution in [3.8, 4) is 10.4 Å². The Labute approximate surface area is 287 Å². The van der Waals surface area contributed by atoms with Crippen molar-refractivity contribution in [3.05, 3.63) is 41.0 Å². The van der Waals surface area contributed by atoms with Crippen molar-refractivity contribution in [2.45, 2.75) is 117 Å². The minimum absolute atomic E-state index is 0.0155. The smallest absolute Gasteiger partial charge is 0.303 e. The molecule has 0 radical (unpaired) electrons. The molecular weight excluding hydrogens is 628 g/mol. The SMILES string of the molecule is Cc1ncsc1-c1ccc([C@H](C)NC(=O)[C@@H]2C[C@@H](O)CN2C(=O)[C@@H](NC(=O)CC23C[C@@H]4C[C@@H](CC(CC(=O)O)(C4)C2)C3)C(C)(C)C)cc1. The molecule has 4 N–H and O–H groups in total. The second-order valence-corrected chi connectivity index (χ2v) is 17.4. The molecule has 5 aliphatic rings. The molecule has 2 heterocycles. The first-order valence-corrected chi connectivity index (χ1v) is 18.2. The number of amides is 3. The van der Waals surface area contributed by atoms with Gasteiger partial charge in [0.15, 0.2) is 0 Å². The Balaban J connectivity index is 1.12. The Bertz CT molecular complexity index is 1550. The zero-order valence-electron chi connectivity index (χ0n) is 28.8. The van der Waals surface area contributed by atoms with E-state index in [-0.39, 0.29) is 60.4 Å². The van der Waals surface area contributed by atoms with Crippen LogP contribution in [0.15, 0.2) is 29.8 Å². The molecule has 1 aromatic heterocycles. The maximum Gasteiger partial charge on any atom is 0.303 e. The van der Waals surface area contributed by atoms with E-state index < -0.39 is 29.6 Å². The highest BCUT2D eigenvalue weighted by atomic mass is 32.1. The van der Waals surface area contributed by atoms with Gasteiger partial charge in [-0.05, 0) is 91.6 Å². The average molecular weight is 679 g/mol. The number of carbonyl (C=O) groups excluding carboxylic acids is 3. The van der Waals surface area contributed by atoms with Crippen molar-refractivity contribution in [2.75, 3.05) is 6.54 Å². The van der Waals surface area contributed by atoms with Crippen LogP contribution in [0.2, 0.25) is 0 Å². The van der Waals surface area contributed by atoms with Crippen LogP contribution < -0.4 is 10.6 Å². The molecule has 10 nitrogen and oxygen atoms in total. The molecule has 11 heteroatoms. The first-order valence-electron chi connectivity index (χ1n) is 17.4. The van der Waals surface area contributed by atoms with Crippen LogP contribution in [0, 0.1) is 35.0 Å². The van der Waals surface area contributed by atoms with Gasteiger partial charge in [-0.25, -0.2) is 4.98 Å². The van der Waals surface area contributed by atoms with Crippen molar-refractivity contribution < 1.29 is 29.4 Å². The number of aromatic nitrogens is 1. The van der Waals surface area contributed by atoms with E-state index >= 15 is 0 Å². The van der Waals surface area contributed by atoms with Gasteiger partial charge in [0, 0.05) is 19.4 Å². The number of carboxylic acid groups (broad SMARTS) is 1. The van der Waals surface area contributed by atoms with Gasteiger partial charge in [0.1, 0.15) is 12.1 Å². The Morgan fingerprint density at radius 3 is 2.19 bits per heavy atom. The monoisotopic (exact) mass is 678 g/mol. The summed E-state index contributed by atoms with van der Waals surface area (Å²) in [5.74, 6) is -0.792. The molecular formula is C37H50N4O6S. The van der Waals surface area contributed by atoms with Crippen LogP contribution in [0.25, 0.3) is 10.4 Å². The summed E-state index contributed by atoms with van der Waals surface area (Å²) < 4.78 is 0. The van der Waals surface area contributed by atoms with Crippen molar-refractivity contribution in [3.63, 3.8) is 0 Å². The Hall–Kier alpha value is -3.31. The third kappa shape index (κ3) is 7.04. The summed E-state index contributed by atoms with van der Waals surface area (Å²) in [4.78, 5) is 60.3. The van der Waals surface area contributed by atoms with Gasteiger partial charge in [-0.1, -0.05) is 45.0 Å². The second-order valence-electron chi connectivity index (χ2n) is 16.6.